The number of phenols is 1. The van der Waals surface area contributed by atoms with Gasteiger partial charge in [0.05, 0.1) is 10.5 Å². The zero-order valence-electron chi connectivity index (χ0n) is 14.9. The van der Waals surface area contributed by atoms with Gasteiger partial charge in [0, 0.05) is 30.8 Å². The van der Waals surface area contributed by atoms with Crippen LogP contribution in [0.25, 0.3) is 10.9 Å². The maximum absolute atomic E-state index is 8.79. The molecule has 0 radical (unpaired) electrons. The topological polar surface area (TPSA) is 76.5 Å². The number of methoxy groups -OCH3 is 1. The number of phenolic OH excluding ortho intramolecular Hbond substituents is 1. The molecule has 6 nitrogen and oxygen atoms in total. The summed E-state index contributed by atoms with van der Waals surface area (Å²) < 4.78 is 10.2. The van der Waals surface area contributed by atoms with Crippen molar-refractivity contribution >= 4 is 28.5 Å². The molecule has 2 aromatic carbocycles. The van der Waals surface area contributed by atoms with Crippen LogP contribution in [0.4, 0.5) is 5.95 Å². The molecule has 1 aromatic heterocycles. The molecule has 0 fully saturated rings. The van der Waals surface area contributed by atoms with E-state index in [-0.39, 0.29) is 12.5 Å². The highest BCUT2D eigenvalue weighted by Crippen LogP contribution is 2.21. The van der Waals surface area contributed by atoms with Crippen LogP contribution in [0.2, 0.25) is 5.02 Å². The third kappa shape index (κ3) is 6.06. The Kier molecular flexibility index (Phi) is 7.44. The van der Waals surface area contributed by atoms with Crippen LogP contribution in [0.1, 0.15) is 13.8 Å². The van der Waals surface area contributed by atoms with Crippen LogP contribution in [0.5, 0.6) is 11.5 Å². The number of ether oxygens (including phenoxy) is 2. The Bertz CT molecular complexity index is 822. The average Bonchev–Trinajstić information content (AvgIpc) is 2.62. The molecular formula is C19H22ClN3O3. The van der Waals surface area contributed by atoms with Gasteiger partial charge in [-0.25, -0.2) is 9.97 Å². The highest BCUT2D eigenvalue weighted by molar-refractivity contribution is 6.31. The number of halogens is 1. The molecule has 0 aliphatic carbocycles. The number of hydrogen-bond acceptors (Lipinski definition) is 6. The van der Waals surface area contributed by atoms with E-state index < -0.39 is 0 Å². The van der Waals surface area contributed by atoms with Gasteiger partial charge in [-0.05, 0) is 38.1 Å². The van der Waals surface area contributed by atoms with Crippen molar-refractivity contribution in [1.82, 2.24) is 9.97 Å². The molecule has 0 unspecified atom stereocenters. The van der Waals surface area contributed by atoms with E-state index in [2.05, 4.69) is 15.3 Å². The van der Waals surface area contributed by atoms with E-state index in [1.165, 1.54) is 0 Å². The summed E-state index contributed by atoms with van der Waals surface area (Å²) in [4.78, 5) is 8.69. The van der Waals surface area contributed by atoms with Crippen molar-refractivity contribution in [3.63, 3.8) is 0 Å². The van der Waals surface area contributed by atoms with Crippen molar-refractivity contribution in [2.75, 3.05) is 19.2 Å². The number of nitrogens with zero attached hydrogens (tertiary/aromatic N) is 2. The maximum Gasteiger partial charge on any atom is 0.223 e. The summed E-state index contributed by atoms with van der Waals surface area (Å²) in [6.07, 6.45) is 1.80. The first kappa shape index (κ1) is 19.8. The second kappa shape index (κ2) is 9.79. The van der Waals surface area contributed by atoms with Crippen molar-refractivity contribution < 1.29 is 14.6 Å². The summed E-state index contributed by atoms with van der Waals surface area (Å²) in [6, 6.07) is 12.7. The molecule has 0 aliphatic rings. The zero-order valence-corrected chi connectivity index (χ0v) is 15.7. The van der Waals surface area contributed by atoms with E-state index in [0.717, 1.165) is 16.7 Å². The van der Waals surface area contributed by atoms with Gasteiger partial charge in [0.2, 0.25) is 5.95 Å². The van der Waals surface area contributed by atoms with Crippen molar-refractivity contribution in [2.24, 2.45) is 0 Å². The van der Waals surface area contributed by atoms with Gasteiger partial charge in [0.25, 0.3) is 0 Å². The molecule has 2 N–H and O–H groups in total. The predicted molar refractivity (Wildman–Crippen MR) is 104 cm³/mol. The van der Waals surface area contributed by atoms with E-state index in [4.69, 9.17) is 26.2 Å². The first-order valence-electron chi connectivity index (χ1n) is 8.08. The Morgan fingerprint density at radius 2 is 1.96 bits per heavy atom. The van der Waals surface area contributed by atoms with Crippen molar-refractivity contribution in [3.8, 4) is 11.5 Å². The monoisotopic (exact) mass is 375 g/mol. The summed E-state index contributed by atoms with van der Waals surface area (Å²) in [7, 11) is 1.59. The lowest BCUT2D eigenvalue weighted by molar-refractivity contribution is 0.0512. The number of anilines is 1. The van der Waals surface area contributed by atoms with E-state index in [9.17, 15) is 0 Å². The van der Waals surface area contributed by atoms with Gasteiger partial charge < -0.3 is 19.9 Å². The van der Waals surface area contributed by atoms with Crippen molar-refractivity contribution in [3.05, 3.63) is 53.7 Å². The fraction of sp³-hybridized carbons (Fsp3) is 0.263. The van der Waals surface area contributed by atoms with Gasteiger partial charge in [0.15, 0.2) is 6.79 Å². The summed E-state index contributed by atoms with van der Waals surface area (Å²) >= 11 is 5.46. The minimum absolute atomic E-state index is 0.133. The molecule has 0 bridgehead atoms. The number of fused-ring (bicyclic) bond motifs is 1. The number of para-hydroxylation sites is 1. The largest absolute Gasteiger partial charge is 0.506 e. The lowest BCUT2D eigenvalue weighted by atomic mass is 10.2. The molecule has 0 spiro atoms. The van der Waals surface area contributed by atoms with Gasteiger partial charge >= 0.3 is 0 Å². The minimum atomic E-state index is 0.133. The molecule has 138 valence electrons. The normalized spacial score (nSPS) is 10.3. The number of hydrogen-bond donors (Lipinski definition) is 2. The molecule has 3 aromatic rings. The first-order valence-corrected chi connectivity index (χ1v) is 8.46. The van der Waals surface area contributed by atoms with Crippen LogP contribution >= 0.6 is 11.6 Å². The standard InChI is InChI=1S/C13H17N3O2.C6H5ClO/c1-9(2)15-13-14-7-10-4-5-11(18-8-17-3)6-12(10)16-13;7-5-3-1-2-4-6(5)8/h4-7,9H,8H2,1-3H3,(H,14,15,16);1-4,8H. The summed E-state index contributed by atoms with van der Waals surface area (Å²) in [5.41, 5.74) is 0.849. The molecule has 7 heteroatoms. The van der Waals surface area contributed by atoms with E-state index in [1.807, 2.05) is 32.0 Å². The number of benzene rings is 2. The Balaban J connectivity index is 0.000000254. The fourth-order valence-corrected chi connectivity index (χ4v) is 2.14. The van der Waals surface area contributed by atoms with Crippen LogP contribution in [-0.4, -0.2) is 35.0 Å². The first-order chi connectivity index (χ1) is 12.5. The van der Waals surface area contributed by atoms with E-state index in [1.54, 1.807) is 37.6 Å². The molecule has 26 heavy (non-hydrogen) atoms. The lowest BCUT2D eigenvalue weighted by Crippen LogP contribution is -2.12. The molecule has 0 saturated carbocycles. The fourth-order valence-electron chi connectivity index (χ4n) is 2.00. The molecular weight excluding hydrogens is 354 g/mol. The van der Waals surface area contributed by atoms with Crippen LogP contribution in [-0.2, 0) is 4.74 Å². The van der Waals surface area contributed by atoms with Crippen molar-refractivity contribution in [2.45, 2.75) is 19.9 Å². The molecule has 1 heterocycles. The molecule has 0 aliphatic heterocycles. The molecule has 0 amide bonds. The molecule has 3 rings (SSSR count). The number of nitrogens with one attached hydrogen (secondary N) is 1. The Morgan fingerprint density at radius 3 is 2.58 bits per heavy atom. The van der Waals surface area contributed by atoms with Gasteiger partial charge in [0.1, 0.15) is 11.5 Å². The second-order valence-corrected chi connectivity index (χ2v) is 6.12. The maximum atomic E-state index is 8.79. The Morgan fingerprint density at radius 1 is 1.19 bits per heavy atom. The SMILES string of the molecule is COCOc1ccc2cnc(NC(C)C)nc2c1.Oc1ccccc1Cl. The number of aromatic hydroxyl groups is 1. The van der Waals surface area contributed by atoms with Gasteiger partial charge in [-0.2, -0.15) is 0 Å². The van der Waals surface area contributed by atoms with E-state index in [0.29, 0.717) is 17.0 Å². The summed E-state index contributed by atoms with van der Waals surface area (Å²) in [5, 5.41) is 13.3. The van der Waals surface area contributed by atoms with E-state index >= 15 is 0 Å². The number of aromatic nitrogens is 2. The van der Waals surface area contributed by atoms with Crippen LogP contribution in [0.3, 0.4) is 0 Å². The van der Waals surface area contributed by atoms with Crippen LogP contribution in [0, 0.1) is 0 Å². The van der Waals surface area contributed by atoms with Gasteiger partial charge in [-0.15, -0.1) is 0 Å². The quantitative estimate of drug-likeness (QED) is 0.640. The molecule has 0 saturated heterocycles. The summed E-state index contributed by atoms with van der Waals surface area (Å²) in [5.74, 6) is 1.49. The number of rotatable bonds is 5. The summed E-state index contributed by atoms with van der Waals surface area (Å²) in [6.45, 7) is 4.32. The smallest absolute Gasteiger partial charge is 0.223 e. The third-order valence-electron chi connectivity index (χ3n) is 3.17. The van der Waals surface area contributed by atoms with Gasteiger partial charge in [-0.1, -0.05) is 23.7 Å². The van der Waals surface area contributed by atoms with Gasteiger partial charge in [-0.3, -0.25) is 0 Å². The molecule has 0 atom stereocenters. The second-order valence-electron chi connectivity index (χ2n) is 5.72. The third-order valence-corrected chi connectivity index (χ3v) is 3.49. The predicted octanol–water partition coefficient (Wildman–Crippen LogP) is 4.48. The highest BCUT2D eigenvalue weighted by Gasteiger charge is 2.03. The Labute approximate surface area is 157 Å². The van der Waals surface area contributed by atoms with Crippen molar-refractivity contribution in [1.29, 1.82) is 0 Å². The lowest BCUT2D eigenvalue weighted by Gasteiger charge is -2.09. The van der Waals surface area contributed by atoms with Crippen LogP contribution in [0.15, 0.2) is 48.7 Å². The highest BCUT2D eigenvalue weighted by atomic mass is 35.5. The van der Waals surface area contributed by atoms with Crippen LogP contribution < -0.4 is 10.1 Å². The zero-order chi connectivity index (χ0) is 18.9. The average molecular weight is 376 g/mol. The minimum Gasteiger partial charge on any atom is -0.506 e. The Hall–Kier alpha value is -2.57.